The molecule has 2 atom stereocenters. The zero-order valence-electron chi connectivity index (χ0n) is 10.9. The number of piperazine rings is 1. The molecule has 2 unspecified atom stereocenters. The molecule has 1 saturated carbocycles. The number of hydrogen-bond acceptors (Lipinski definition) is 3. The number of hydrogen-bond donors (Lipinski definition) is 1. The van der Waals surface area contributed by atoms with E-state index in [1.807, 2.05) is 25.1 Å². The van der Waals surface area contributed by atoms with Crippen LogP contribution in [0.5, 0.6) is 0 Å². The van der Waals surface area contributed by atoms with Crippen LogP contribution in [0.4, 0.5) is 0 Å². The summed E-state index contributed by atoms with van der Waals surface area (Å²) in [7, 11) is 0. The van der Waals surface area contributed by atoms with Crippen molar-refractivity contribution >= 4 is 11.8 Å². The monoisotopic (exact) mass is 259 g/mol. The highest BCUT2D eigenvalue weighted by Gasteiger charge is 2.44. The van der Waals surface area contributed by atoms with Crippen molar-refractivity contribution in [1.29, 1.82) is 0 Å². The molecule has 2 amide bonds. The first-order chi connectivity index (χ1) is 9.16. The van der Waals surface area contributed by atoms with Gasteiger partial charge in [-0.1, -0.05) is 6.07 Å². The van der Waals surface area contributed by atoms with Crippen molar-refractivity contribution in [1.82, 2.24) is 15.2 Å². The Morgan fingerprint density at radius 2 is 2.16 bits per heavy atom. The second kappa shape index (κ2) is 4.64. The molecule has 0 spiro atoms. The van der Waals surface area contributed by atoms with Gasteiger partial charge < -0.3 is 10.2 Å². The zero-order chi connectivity index (χ0) is 13.4. The lowest BCUT2D eigenvalue weighted by molar-refractivity contribution is -0.147. The molecule has 1 N–H and O–H groups in total. The highest BCUT2D eigenvalue weighted by Crippen LogP contribution is 2.35. The molecule has 1 aromatic rings. The van der Waals surface area contributed by atoms with Crippen molar-refractivity contribution in [3.63, 3.8) is 0 Å². The van der Waals surface area contributed by atoms with Gasteiger partial charge in [0.2, 0.25) is 11.8 Å². The van der Waals surface area contributed by atoms with Crippen LogP contribution in [0.25, 0.3) is 0 Å². The van der Waals surface area contributed by atoms with Crippen molar-refractivity contribution in [3.05, 3.63) is 30.1 Å². The van der Waals surface area contributed by atoms with Gasteiger partial charge in [0.15, 0.2) is 0 Å². The fraction of sp³-hybridized carbons (Fsp3) is 0.500. The standard InChI is InChI=1S/C14H17N3O2/c1-9(11-4-2-3-7-15-11)17-8-12(18)16-13(14(17)19)10-5-6-10/h2-4,7,9-10,13H,5-6,8H2,1H3,(H,16,18). The first-order valence-corrected chi connectivity index (χ1v) is 6.67. The molecule has 3 rings (SSSR count). The van der Waals surface area contributed by atoms with Gasteiger partial charge in [0.1, 0.15) is 12.6 Å². The minimum Gasteiger partial charge on any atom is -0.342 e. The number of carbonyl (C=O) groups is 2. The summed E-state index contributed by atoms with van der Waals surface area (Å²) in [4.78, 5) is 30.1. The predicted molar refractivity (Wildman–Crippen MR) is 69.0 cm³/mol. The molecular formula is C14H17N3O2. The number of rotatable bonds is 3. The van der Waals surface area contributed by atoms with E-state index in [1.54, 1.807) is 11.1 Å². The van der Waals surface area contributed by atoms with E-state index in [0.29, 0.717) is 5.92 Å². The maximum absolute atomic E-state index is 12.5. The van der Waals surface area contributed by atoms with Gasteiger partial charge in [0.25, 0.3) is 0 Å². The van der Waals surface area contributed by atoms with E-state index in [1.165, 1.54) is 0 Å². The third-order valence-corrected chi connectivity index (χ3v) is 3.86. The van der Waals surface area contributed by atoms with Crippen molar-refractivity contribution < 1.29 is 9.59 Å². The van der Waals surface area contributed by atoms with Crippen LogP contribution in [0.3, 0.4) is 0 Å². The Hall–Kier alpha value is -1.91. The fourth-order valence-corrected chi connectivity index (χ4v) is 2.55. The molecule has 19 heavy (non-hydrogen) atoms. The second-order valence-electron chi connectivity index (χ2n) is 5.28. The molecule has 1 aliphatic heterocycles. The summed E-state index contributed by atoms with van der Waals surface area (Å²) < 4.78 is 0. The highest BCUT2D eigenvalue weighted by molar-refractivity contribution is 5.95. The molecule has 5 heteroatoms. The van der Waals surface area contributed by atoms with E-state index < -0.39 is 0 Å². The quantitative estimate of drug-likeness (QED) is 0.876. The van der Waals surface area contributed by atoms with Gasteiger partial charge in [0, 0.05) is 6.20 Å². The summed E-state index contributed by atoms with van der Waals surface area (Å²) in [5.41, 5.74) is 0.820. The Balaban J connectivity index is 1.82. The van der Waals surface area contributed by atoms with Crippen LogP contribution in [0.15, 0.2) is 24.4 Å². The Kier molecular flexibility index (Phi) is 2.97. The van der Waals surface area contributed by atoms with Gasteiger partial charge >= 0.3 is 0 Å². The lowest BCUT2D eigenvalue weighted by Crippen LogP contribution is -2.59. The molecule has 2 fully saturated rings. The van der Waals surface area contributed by atoms with E-state index in [4.69, 9.17) is 0 Å². The Labute approximate surface area is 112 Å². The third-order valence-electron chi connectivity index (χ3n) is 3.86. The lowest BCUT2D eigenvalue weighted by atomic mass is 10.1. The molecule has 5 nitrogen and oxygen atoms in total. The fourth-order valence-electron chi connectivity index (χ4n) is 2.55. The van der Waals surface area contributed by atoms with E-state index in [0.717, 1.165) is 18.5 Å². The van der Waals surface area contributed by atoms with Crippen LogP contribution < -0.4 is 5.32 Å². The van der Waals surface area contributed by atoms with Crippen molar-refractivity contribution in [2.45, 2.75) is 31.8 Å². The average Bonchev–Trinajstić information content (AvgIpc) is 3.25. The Morgan fingerprint density at radius 1 is 1.37 bits per heavy atom. The van der Waals surface area contributed by atoms with Crippen LogP contribution in [-0.2, 0) is 9.59 Å². The Morgan fingerprint density at radius 3 is 2.79 bits per heavy atom. The van der Waals surface area contributed by atoms with E-state index in [9.17, 15) is 9.59 Å². The van der Waals surface area contributed by atoms with Gasteiger partial charge in [-0.25, -0.2) is 0 Å². The van der Waals surface area contributed by atoms with Gasteiger partial charge in [-0.3, -0.25) is 14.6 Å². The molecule has 1 saturated heterocycles. The van der Waals surface area contributed by atoms with Crippen molar-refractivity contribution in [3.8, 4) is 0 Å². The summed E-state index contributed by atoms with van der Waals surface area (Å²) in [5.74, 6) is 0.287. The number of carbonyl (C=O) groups excluding carboxylic acids is 2. The van der Waals surface area contributed by atoms with Crippen LogP contribution >= 0.6 is 0 Å². The first kappa shape index (κ1) is 12.1. The molecule has 1 aliphatic carbocycles. The Bertz CT molecular complexity index is 499. The summed E-state index contributed by atoms with van der Waals surface area (Å²) in [6.07, 6.45) is 3.77. The molecular weight excluding hydrogens is 242 g/mol. The summed E-state index contributed by atoms with van der Waals surface area (Å²) in [6, 6.07) is 5.13. The third kappa shape index (κ3) is 2.32. The van der Waals surface area contributed by atoms with Crippen LogP contribution in [-0.4, -0.2) is 34.3 Å². The van der Waals surface area contributed by atoms with Crippen molar-refractivity contribution in [2.75, 3.05) is 6.54 Å². The average molecular weight is 259 g/mol. The highest BCUT2D eigenvalue weighted by atomic mass is 16.2. The largest absolute Gasteiger partial charge is 0.342 e. The number of pyridine rings is 1. The molecule has 0 bridgehead atoms. The number of amides is 2. The first-order valence-electron chi connectivity index (χ1n) is 6.67. The zero-order valence-corrected chi connectivity index (χ0v) is 10.9. The summed E-state index contributed by atoms with van der Waals surface area (Å²) in [5, 5.41) is 2.81. The van der Waals surface area contributed by atoms with E-state index in [-0.39, 0.29) is 30.4 Å². The van der Waals surface area contributed by atoms with E-state index >= 15 is 0 Å². The normalized spacial score (nSPS) is 25.1. The molecule has 0 radical (unpaired) electrons. The second-order valence-corrected chi connectivity index (χ2v) is 5.28. The molecule has 2 aliphatic rings. The molecule has 2 heterocycles. The summed E-state index contributed by atoms with van der Waals surface area (Å²) >= 11 is 0. The SMILES string of the molecule is CC(c1ccccn1)N1CC(=O)NC(C2CC2)C1=O. The minimum absolute atomic E-state index is 0.0280. The van der Waals surface area contributed by atoms with Gasteiger partial charge in [0.05, 0.1) is 11.7 Å². The van der Waals surface area contributed by atoms with Crippen LogP contribution in [0.1, 0.15) is 31.5 Å². The lowest BCUT2D eigenvalue weighted by Gasteiger charge is -2.36. The smallest absolute Gasteiger partial charge is 0.246 e. The number of nitrogens with one attached hydrogen (secondary N) is 1. The minimum atomic E-state index is -0.326. The maximum Gasteiger partial charge on any atom is 0.246 e. The molecule has 100 valence electrons. The van der Waals surface area contributed by atoms with Gasteiger partial charge in [-0.2, -0.15) is 0 Å². The summed E-state index contributed by atoms with van der Waals surface area (Å²) in [6.45, 7) is 2.04. The van der Waals surface area contributed by atoms with Gasteiger partial charge in [-0.05, 0) is 37.8 Å². The maximum atomic E-state index is 12.5. The molecule has 1 aromatic heterocycles. The molecule has 0 aromatic carbocycles. The topological polar surface area (TPSA) is 62.3 Å². The van der Waals surface area contributed by atoms with Crippen molar-refractivity contribution in [2.24, 2.45) is 5.92 Å². The number of aromatic nitrogens is 1. The van der Waals surface area contributed by atoms with E-state index in [2.05, 4.69) is 10.3 Å². The van der Waals surface area contributed by atoms with Crippen LogP contribution in [0, 0.1) is 5.92 Å². The van der Waals surface area contributed by atoms with Crippen LogP contribution in [0.2, 0.25) is 0 Å². The number of nitrogens with zero attached hydrogens (tertiary/aromatic N) is 2. The van der Waals surface area contributed by atoms with Gasteiger partial charge in [-0.15, -0.1) is 0 Å². The predicted octanol–water partition coefficient (Wildman–Crippen LogP) is 0.880.